The van der Waals surface area contributed by atoms with Gasteiger partial charge in [-0.05, 0) is 18.2 Å². The Labute approximate surface area is 114 Å². The SMILES string of the molecule is CC(=O)NCC1CN(c2ccc(NN)c(F)c2)C(=O)O1. The zero-order chi connectivity index (χ0) is 14.7. The third-order valence-electron chi connectivity index (χ3n) is 2.87. The quantitative estimate of drug-likeness (QED) is 0.554. The molecule has 20 heavy (non-hydrogen) atoms. The highest BCUT2D eigenvalue weighted by Gasteiger charge is 2.32. The summed E-state index contributed by atoms with van der Waals surface area (Å²) in [7, 11) is 0. The number of carbonyl (C=O) groups excluding carboxylic acids is 2. The van der Waals surface area contributed by atoms with E-state index in [0.29, 0.717) is 5.69 Å². The number of hydrogen-bond acceptors (Lipinski definition) is 5. The maximum atomic E-state index is 13.6. The number of cyclic esters (lactones) is 1. The Morgan fingerprint density at radius 3 is 2.95 bits per heavy atom. The molecule has 4 N–H and O–H groups in total. The average molecular weight is 282 g/mol. The lowest BCUT2D eigenvalue weighted by molar-refractivity contribution is -0.119. The van der Waals surface area contributed by atoms with Crippen molar-refractivity contribution in [3.05, 3.63) is 24.0 Å². The van der Waals surface area contributed by atoms with Crippen molar-refractivity contribution in [2.24, 2.45) is 5.84 Å². The molecule has 0 aliphatic carbocycles. The minimum Gasteiger partial charge on any atom is -0.442 e. The lowest BCUT2D eigenvalue weighted by atomic mass is 10.2. The van der Waals surface area contributed by atoms with Crippen LogP contribution in [0.15, 0.2) is 18.2 Å². The molecule has 1 aromatic carbocycles. The van der Waals surface area contributed by atoms with Gasteiger partial charge in [0.15, 0.2) is 0 Å². The topological polar surface area (TPSA) is 96.7 Å². The van der Waals surface area contributed by atoms with Crippen LogP contribution in [0.5, 0.6) is 0 Å². The molecule has 1 saturated heterocycles. The minimum atomic E-state index is -0.576. The summed E-state index contributed by atoms with van der Waals surface area (Å²) in [6.45, 7) is 1.85. The zero-order valence-electron chi connectivity index (χ0n) is 10.9. The van der Waals surface area contributed by atoms with Gasteiger partial charge >= 0.3 is 6.09 Å². The number of hydrazine groups is 1. The van der Waals surface area contributed by atoms with Crippen LogP contribution in [-0.2, 0) is 9.53 Å². The van der Waals surface area contributed by atoms with Crippen molar-refractivity contribution in [2.75, 3.05) is 23.4 Å². The van der Waals surface area contributed by atoms with Crippen LogP contribution < -0.4 is 21.5 Å². The van der Waals surface area contributed by atoms with E-state index < -0.39 is 18.0 Å². The summed E-state index contributed by atoms with van der Waals surface area (Å²) >= 11 is 0. The number of carbonyl (C=O) groups is 2. The van der Waals surface area contributed by atoms with Crippen molar-refractivity contribution in [3.63, 3.8) is 0 Å². The summed E-state index contributed by atoms with van der Waals surface area (Å²) in [5.74, 6) is 4.36. The first-order valence-electron chi connectivity index (χ1n) is 6.00. The van der Waals surface area contributed by atoms with Crippen molar-refractivity contribution in [2.45, 2.75) is 13.0 Å². The van der Waals surface area contributed by atoms with Gasteiger partial charge in [-0.1, -0.05) is 0 Å². The van der Waals surface area contributed by atoms with E-state index in [1.807, 2.05) is 0 Å². The summed E-state index contributed by atoms with van der Waals surface area (Å²) in [6, 6.07) is 4.18. The van der Waals surface area contributed by atoms with Crippen LogP contribution in [0.1, 0.15) is 6.92 Å². The number of nitrogen functional groups attached to an aromatic ring is 1. The van der Waals surface area contributed by atoms with Crippen LogP contribution >= 0.6 is 0 Å². The van der Waals surface area contributed by atoms with Crippen LogP contribution in [-0.4, -0.2) is 31.2 Å². The fraction of sp³-hybridized carbons (Fsp3) is 0.333. The van der Waals surface area contributed by atoms with Crippen LogP contribution in [0.3, 0.4) is 0 Å². The predicted molar refractivity (Wildman–Crippen MR) is 70.5 cm³/mol. The molecule has 0 spiro atoms. The fourth-order valence-corrected chi connectivity index (χ4v) is 1.89. The largest absolute Gasteiger partial charge is 0.442 e. The molecule has 8 heteroatoms. The number of benzene rings is 1. The Morgan fingerprint density at radius 2 is 2.35 bits per heavy atom. The number of nitrogens with zero attached hydrogens (tertiary/aromatic N) is 1. The summed E-state index contributed by atoms with van der Waals surface area (Å²) < 4.78 is 18.7. The molecule has 1 aliphatic rings. The van der Waals surface area contributed by atoms with Crippen LogP contribution in [0.25, 0.3) is 0 Å². The van der Waals surface area contributed by atoms with Crippen LogP contribution in [0.4, 0.5) is 20.6 Å². The maximum absolute atomic E-state index is 13.6. The zero-order valence-corrected chi connectivity index (χ0v) is 10.9. The number of ether oxygens (including phenoxy) is 1. The summed E-state index contributed by atoms with van der Waals surface area (Å²) in [6.07, 6.45) is -1.03. The average Bonchev–Trinajstić information content (AvgIpc) is 2.77. The summed E-state index contributed by atoms with van der Waals surface area (Å²) in [5, 5.41) is 2.57. The Hall–Kier alpha value is -2.35. The van der Waals surface area contributed by atoms with E-state index in [2.05, 4.69) is 10.7 Å². The molecular formula is C12H15FN4O3. The molecule has 0 bridgehead atoms. The monoisotopic (exact) mass is 282 g/mol. The lowest BCUT2D eigenvalue weighted by Crippen LogP contribution is -2.33. The highest BCUT2D eigenvalue weighted by atomic mass is 19.1. The number of halogens is 1. The van der Waals surface area contributed by atoms with Gasteiger partial charge in [0.25, 0.3) is 0 Å². The van der Waals surface area contributed by atoms with Gasteiger partial charge in [0.1, 0.15) is 11.9 Å². The van der Waals surface area contributed by atoms with Crippen molar-refractivity contribution in [3.8, 4) is 0 Å². The number of amides is 2. The number of nitrogens with two attached hydrogens (primary N) is 1. The second-order valence-corrected chi connectivity index (χ2v) is 4.36. The lowest BCUT2D eigenvalue weighted by Gasteiger charge is -2.14. The Morgan fingerprint density at radius 1 is 1.60 bits per heavy atom. The van der Waals surface area contributed by atoms with Crippen molar-refractivity contribution in [1.29, 1.82) is 0 Å². The molecule has 1 aromatic rings. The molecule has 0 saturated carbocycles. The first kappa shape index (κ1) is 14.1. The maximum Gasteiger partial charge on any atom is 0.414 e. The Kier molecular flexibility index (Phi) is 4.04. The van der Waals surface area contributed by atoms with Crippen molar-refractivity contribution in [1.82, 2.24) is 5.32 Å². The number of anilines is 2. The molecule has 1 atom stereocenters. The molecule has 0 radical (unpaired) electrons. The van der Waals surface area contributed by atoms with Gasteiger partial charge in [0.05, 0.1) is 24.5 Å². The standard InChI is InChI=1S/C12H15FN4O3/c1-7(18)15-5-9-6-17(12(19)20-9)8-2-3-11(16-14)10(13)4-8/h2-4,9,16H,5-6,14H2,1H3,(H,15,18). The van der Waals surface area contributed by atoms with E-state index in [4.69, 9.17) is 10.6 Å². The second-order valence-electron chi connectivity index (χ2n) is 4.36. The molecule has 1 unspecified atom stereocenters. The second kappa shape index (κ2) is 5.74. The van der Waals surface area contributed by atoms with Crippen molar-refractivity contribution < 1.29 is 18.7 Å². The van der Waals surface area contributed by atoms with E-state index in [1.165, 1.54) is 24.0 Å². The number of rotatable bonds is 4. The normalized spacial score (nSPS) is 17.9. The third kappa shape index (κ3) is 2.97. The van der Waals surface area contributed by atoms with Crippen molar-refractivity contribution >= 4 is 23.4 Å². The molecular weight excluding hydrogens is 267 g/mol. The van der Waals surface area contributed by atoms with Gasteiger partial charge in [0, 0.05) is 6.92 Å². The highest BCUT2D eigenvalue weighted by Crippen LogP contribution is 2.25. The van der Waals surface area contributed by atoms with Gasteiger partial charge in [0.2, 0.25) is 5.91 Å². The van der Waals surface area contributed by atoms with E-state index in [0.717, 1.165) is 0 Å². The van der Waals surface area contributed by atoms with E-state index in [1.54, 1.807) is 6.07 Å². The van der Waals surface area contributed by atoms with E-state index in [-0.39, 0.29) is 24.7 Å². The Bertz CT molecular complexity index is 537. The van der Waals surface area contributed by atoms with Gasteiger partial charge in [-0.2, -0.15) is 0 Å². The predicted octanol–water partition coefficient (Wildman–Crippen LogP) is 0.573. The number of nitrogens with one attached hydrogen (secondary N) is 2. The van der Waals surface area contributed by atoms with Crippen LogP contribution in [0.2, 0.25) is 0 Å². The van der Waals surface area contributed by atoms with Gasteiger partial charge in [-0.15, -0.1) is 0 Å². The molecule has 2 amide bonds. The summed E-state index contributed by atoms with van der Waals surface area (Å²) in [4.78, 5) is 23.8. The first-order valence-corrected chi connectivity index (χ1v) is 6.00. The fourth-order valence-electron chi connectivity index (χ4n) is 1.89. The van der Waals surface area contributed by atoms with E-state index in [9.17, 15) is 14.0 Å². The Balaban J connectivity index is 2.07. The minimum absolute atomic E-state index is 0.135. The molecule has 0 aromatic heterocycles. The molecule has 1 aliphatic heterocycles. The van der Waals surface area contributed by atoms with Gasteiger partial charge in [-0.3, -0.25) is 15.5 Å². The molecule has 7 nitrogen and oxygen atoms in total. The van der Waals surface area contributed by atoms with E-state index >= 15 is 0 Å². The highest BCUT2D eigenvalue weighted by molar-refractivity contribution is 5.90. The smallest absolute Gasteiger partial charge is 0.414 e. The van der Waals surface area contributed by atoms with Gasteiger partial charge in [-0.25, -0.2) is 9.18 Å². The molecule has 2 rings (SSSR count). The summed E-state index contributed by atoms with van der Waals surface area (Å²) in [5.41, 5.74) is 2.72. The van der Waals surface area contributed by atoms with Gasteiger partial charge < -0.3 is 15.5 Å². The molecule has 108 valence electrons. The first-order chi connectivity index (χ1) is 9.51. The van der Waals surface area contributed by atoms with Crippen LogP contribution in [0, 0.1) is 5.82 Å². The molecule has 1 heterocycles. The number of hydrogen-bond donors (Lipinski definition) is 3. The third-order valence-corrected chi connectivity index (χ3v) is 2.87. The molecule has 1 fully saturated rings.